The summed E-state index contributed by atoms with van der Waals surface area (Å²) >= 11 is 0. The van der Waals surface area contributed by atoms with Crippen molar-refractivity contribution < 1.29 is 18.3 Å². The molecule has 0 spiro atoms. The van der Waals surface area contributed by atoms with Crippen LogP contribution in [0.15, 0.2) is 22.6 Å². The number of carbonyl (C=O) groups is 1. The number of carbonyl (C=O) groups excluding carboxylic acids is 1. The number of aryl methyl sites for hydroxylation is 1. The number of fused-ring (bicyclic) bond motifs is 1. The topological polar surface area (TPSA) is 58.8 Å². The SMILES string of the molecule is COC1CCN(C(=O)c2nc3c(o2)CCN(Cc2ccc(F)c(C)c2)C3)C1. The quantitative estimate of drug-likeness (QED) is 0.824. The molecule has 1 unspecified atom stereocenters. The molecule has 1 fully saturated rings. The number of amides is 1. The van der Waals surface area contributed by atoms with Crippen LogP contribution in [0.1, 0.15) is 39.7 Å². The van der Waals surface area contributed by atoms with Crippen LogP contribution >= 0.6 is 0 Å². The molecule has 6 nitrogen and oxygen atoms in total. The maximum atomic E-state index is 13.4. The molecule has 0 saturated carbocycles. The predicted octanol–water partition coefficient (Wildman–Crippen LogP) is 2.54. The third-order valence-electron chi connectivity index (χ3n) is 5.38. The molecule has 27 heavy (non-hydrogen) atoms. The lowest BCUT2D eigenvalue weighted by atomic mass is 10.1. The predicted molar refractivity (Wildman–Crippen MR) is 96.8 cm³/mol. The molecule has 144 valence electrons. The second-order valence-corrected chi connectivity index (χ2v) is 7.33. The van der Waals surface area contributed by atoms with Crippen molar-refractivity contribution in [3.63, 3.8) is 0 Å². The number of methoxy groups -OCH3 is 1. The van der Waals surface area contributed by atoms with Gasteiger partial charge in [0, 0.05) is 46.3 Å². The first-order chi connectivity index (χ1) is 13.0. The van der Waals surface area contributed by atoms with Gasteiger partial charge in [0.05, 0.1) is 11.8 Å². The van der Waals surface area contributed by atoms with Crippen molar-refractivity contribution in [1.29, 1.82) is 0 Å². The summed E-state index contributed by atoms with van der Waals surface area (Å²) in [7, 11) is 1.67. The maximum absolute atomic E-state index is 13.4. The van der Waals surface area contributed by atoms with Gasteiger partial charge in [0.25, 0.3) is 5.89 Å². The van der Waals surface area contributed by atoms with E-state index < -0.39 is 0 Å². The van der Waals surface area contributed by atoms with Crippen LogP contribution < -0.4 is 0 Å². The Morgan fingerprint density at radius 3 is 3.00 bits per heavy atom. The van der Waals surface area contributed by atoms with E-state index >= 15 is 0 Å². The van der Waals surface area contributed by atoms with Crippen molar-refractivity contribution in [2.24, 2.45) is 0 Å². The lowest BCUT2D eigenvalue weighted by Gasteiger charge is -2.25. The van der Waals surface area contributed by atoms with Gasteiger partial charge >= 0.3 is 5.91 Å². The first kappa shape index (κ1) is 18.1. The number of aromatic nitrogens is 1. The van der Waals surface area contributed by atoms with Gasteiger partial charge in [-0.2, -0.15) is 0 Å². The van der Waals surface area contributed by atoms with E-state index in [0.29, 0.717) is 25.2 Å². The second kappa shape index (κ2) is 7.40. The van der Waals surface area contributed by atoms with Crippen molar-refractivity contribution in [1.82, 2.24) is 14.8 Å². The third-order valence-corrected chi connectivity index (χ3v) is 5.38. The highest BCUT2D eigenvalue weighted by molar-refractivity contribution is 5.90. The molecule has 0 bridgehead atoms. The molecular weight excluding hydrogens is 349 g/mol. The monoisotopic (exact) mass is 373 g/mol. The summed E-state index contributed by atoms with van der Waals surface area (Å²) in [6.07, 6.45) is 1.65. The van der Waals surface area contributed by atoms with Gasteiger partial charge in [0.2, 0.25) is 0 Å². The van der Waals surface area contributed by atoms with E-state index in [2.05, 4.69) is 9.88 Å². The molecular formula is C20H24FN3O3. The van der Waals surface area contributed by atoms with Crippen LogP contribution in [-0.2, 0) is 24.2 Å². The molecule has 7 heteroatoms. The van der Waals surface area contributed by atoms with E-state index in [4.69, 9.17) is 9.15 Å². The average molecular weight is 373 g/mol. The molecule has 4 rings (SSSR count). The minimum absolute atomic E-state index is 0.0909. The standard InChI is InChI=1S/C20H24FN3O3/c1-13-9-14(3-4-16(13)21)10-23-7-6-18-17(12-23)22-19(27-18)20(25)24-8-5-15(11-24)26-2/h3-4,9,15H,5-8,10-12H2,1-2H3. The molecule has 2 aliphatic heterocycles. The smallest absolute Gasteiger partial charge is 0.309 e. The molecule has 0 radical (unpaired) electrons. The normalized spacial score (nSPS) is 20.1. The molecule has 1 amide bonds. The molecule has 2 aliphatic rings. The van der Waals surface area contributed by atoms with E-state index in [-0.39, 0.29) is 23.7 Å². The van der Waals surface area contributed by atoms with E-state index in [1.807, 2.05) is 12.1 Å². The van der Waals surface area contributed by atoms with Crippen LogP contribution in [0.25, 0.3) is 0 Å². The Labute approximate surface area is 157 Å². The van der Waals surface area contributed by atoms with Crippen LogP contribution in [0.2, 0.25) is 0 Å². The Morgan fingerprint density at radius 2 is 2.26 bits per heavy atom. The van der Waals surface area contributed by atoms with Crippen molar-refractivity contribution in [2.45, 2.75) is 39.0 Å². The summed E-state index contributed by atoms with van der Waals surface area (Å²) < 4.78 is 24.5. The highest BCUT2D eigenvalue weighted by Gasteiger charge is 2.31. The van der Waals surface area contributed by atoms with Gasteiger partial charge in [-0.3, -0.25) is 9.69 Å². The summed E-state index contributed by atoms with van der Waals surface area (Å²) in [5, 5.41) is 0. The number of hydrogen-bond acceptors (Lipinski definition) is 5. The number of hydrogen-bond donors (Lipinski definition) is 0. The van der Waals surface area contributed by atoms with Gasteiger partial charge in [-0.05, 0) is 30.5 Å². The number of rotatable bonds is 4. The van der Waals surface area contributed by atoms with Gasteiger partial charge in [0.1, 0.15) is 11.6 Å². The van der Waals surface area contributed by atoms with Gasteiger partial charge in [-0.1, -0.05) is 12.1 Å². The van der Waals surface area contributed by atoms with Crippen molar-refractivity contribution in [2.75, 3.05) is 26.7 Å². The lowest BCUT2D eigenvalue weighted by molar-refractivity contribution is 0.0687. The minimum atomic E-state index is -0.183. The fourth-order valence-electron chi connectivity index (χ4n) is 3.78. The summed E-state index contributed by atoms with van der Waals surface area (Å²) in [4.78, 5) is 21.1. The summed E-state index contributed by atoms with van der Waals surface area (Å²) in [6.45, 7) is 5.19. The second-order valence-electron chi connectivity index (χ2n) is 7.33. The van der Waals surface area contributed by atoms with Crippen LogP contribution in [0.4, 0.5) is 4.39 Å². The summed E-state index contributed by atoms with van der Waals surface area (Å²) in [6, 6.07) is 5.20. The third kappa shape index (κ3) is 3.75. The van der Waals surface area contributed by atoms with Crippen LogP contribution in [-0.4, -0.2) is 53.5 Å². The fraction of sp³-hybridized carbons (Fsp3) is 0.500. The van der Waals surface area contributed by atoms with Crippen LogP contribution in [0, 0.1) is 12.7 Å². The lowest BCUT2D eigenvalue weighted by Crippen LogP contribution is -2.30. The highest BCUT2D eigenvalue weighted by Crippen LogP contribution is 2.23. The van der Waals surface area contributed by atoms with E-state index in [1.165, 1.54) is 6.07 Å². The first-order valence-corrected chi connectivity index (χ1v) is 9.31. The van der Waals surface area contributed by atoms with Gasteiger partial charge in [-0.25, -0.2) is 9.37 Å². The molecule has 2 aromatic rings. The maximum Gasteiger partial charge on any atom is 0.309 e. The fourth-order valence-corrected chi connectivity index (χ4v) is 3.78. The number of benzene rings is 1. The summed E-state index contributed by atoms with van der Waals surface area (Å²) in [5.41, 5.74) is 2.55. The van der Waals surface area contributed by atoms with Crippen molar-refractivity contribution in [3.8, 4) is 0 Å². The zero-order valence-electron chi connectivity index (χ0n) is 15.7. The Morgan fingerprint density at radius 1 is 1.41 bits per heavy atom. The molecule has 0 N–H and O–H groups in total. The Kier molecular flexibility index (Phi) is 4.97. The van der Waals surface area contributed by atoms with Gasteiger partial charge < -0.3 is 14.1 Å². The number of halogens is 1. The molecule has 1 saturated heterocycles. The van der Waals surface area contributed by atoms with E-state index in [1.54, 1.807) is 18.9 Å². The van der Waals surface area contributed by atoms with Crippen LogP contribution in [0.3, 0.4) is 0 Å². The first-order valence-electron chi connectivity index (χ1n) is 9.31. The Hall–Kier alpha value is -2.25. The number of nitrogens with zero attached hydrogens (tertiary/aromatic N) is 3. The van der Waals surface area contributed by atoms with Gasteiger partial charge in [-0.15, -0.1) is 0 Å². The Balaban J connectivity index is 1.43. The Bertz CT molecular complexity index is 851. The van der Waals surface area contributed by atoms with Crippen LogP contribution in [0.5, 0.6) is 0 Å². The van der Waals surface area contributed by atoms with Crippen molar-refractivity contribution >= 4 is 5.91 Å². The molecule has 1 atom stereocenters. The van der Waals surface area contributed by atoms with Gasteiger partial charge in [0.15, 0.2) is 0 Å². The minimum Gasteiger partial charge on any atom is -0.437 e. The molecule has 1 aromatic carbocycles. The zero-order valence-corrected chi connectivity index (χ0v) is 15.7. The number of oxazole rings is 1. The number of likely N-dealkylation sites (tertiary alicyclic amines) is 1. The van der Waals surface area contributed by atoms with Crippen molar-refractivity contribution in [3.05, 3.63) is 52.5 Å². The largest absolute Gasteiger partial charge is 0.437 e. The average Bonchev–Trinajstić information content (AvgIpc) is 3.30. The van der Waals surface area contributed by atoms with E-state index in [9.17, 15) is 9.18 Å². The zero-order chi connectivity index (χ0) is 19.0. The molecule has 0 aliphatic carbocycles. The highest BCUT2D eigenvalue weighted by atomic mass is 19.1. The molecule has 1 aromatic heterocycles. The summed E-state index contributed by atoms with van der Waals surface area (Å²) in [5.74, 6) is 0.630. The molecule has 3 heterocycles. The van der Waals surface area contributed by atoms with E-state index in [0.717, 1.165) is 42.9 Å². The number of ether oxygens (including phenoxy) is 1.